The maximum Gasteiger partial charge on any atom is 0.150 e. The zero-order valence-corrected chi connectivity index (χ0v) is 13.2. The van der Waals surface area contributed by atoms with Gasteiger partial charge in [-0.3, -0.25) is 0 Å². The summed E-state index contributed by atoms with van der Waals surface area (Å²) in [6.07, 6.45) is 3.45. The molecular formula is C21H20N2. The molecule has 0 atom stereocenters. The lowest BCUT2D eigenvalue weighted by Crippen LogP contribution is -2.30. The van der Waals surface area contributed by atoms with Crippen LogP contribution < -0.4 is 0 Å². The van der Waals surface area contributed by atoms with Crippen LogP contribution in [0, 0.1) is 34.0 Å². The van der Waals surface area contributed by atoms with Crippen molar-refractivity contribution in [1.82, 2.24) is 0 Å². The molecule has 0 aliphatic carbocycles. The molecule has 2 heteroatoms. The molecule has 114 valence electrons. The minimum absolute atomic E-state index is 0.0831. The first-order valence-electron chi connectivity index (χ1n) is 7.75. The highest BCUT2D eigenvalue weighted by molar-refractivity contribution is 5.26. The second-order valence-electron chi connectivity index (χ2n) is 5.76. The zero-order chi connectivity index (χ0) is 16.5. The van der Waals surface area contributed by atoms with E-state index in [1.807, 2.05) is 60.7 Å². The summed E-state index contributed by atoms with van der Waals surface area (Å²) < 4.78 is 0. The lowest BCUT2D eigenvalue weighted by atomic mass is 9.70. The molecule has 23 heavy (non-hydrogen) atoms. The first kappa shape index (κ1) is 16.5. The number of rotatable bonds is 7. The largest absolute Gasteiger partial charge is 0.197 e. The Labute approximate surface area is 138 Å². The monoisotopic (exact) mass is 300 g/mol. The van der Waals surface area contributed by atoms with Gasteiger partial charge in [0.15, 0.2) is 5.41 Å². The van der Waals surface area contributed by atoms with E-state index in [4.69, 9.17) is 0 Å². The summed E-state index contributed by atoms with van der Waals surface area (Å²) in [6.45, 7) is 3.74. The Kier molecular flexibility index (Phi) is 5.73. The molecule has 0 aliphatic rings. The number of hydrogen-bond donors (Lipinski definition) is 0. The van der Waals surface area contributed by atoms with Crippen molar-refractivity contribution < 1.29 is 0 Å². The SMILES string of the molecule is C=CCC(C#N)(C#N)C(Cc1ccccc1)Cc1ccccc1. The van der Waals surface area contributed by atoms with Crippen LogP contribution >= 0.6 is 0 Å². The molecule has 0 heterocycles. The van der Waals surface area contributed by atoms with E-state index in [-0.39, 0.29) is 5.92 Å². The van der Waals surface area contributed by atoms with E-state index in [1.165, 1.54) is 0 Å². The summed E-state index contributed by atoms with van der Waals surface area (Å²) in [5, 5.41) is 19.4. The molecule has 2 rings (SSSR count). The molecule has 0 amide bonds. The van der Waals surface area contributed by atoms with E-state index in [2.05, 4.69) is 18.7 Å². The maximum atomic E-state index is 9.71. The molecule has 2 aromatic carbocycles. The standard InChI is InChI=1S/C21H20N2/c1-2-13-21(16-22,17-23)20(14-18-9-5-3-6-10-18)15-19-11-7-4-8-12-19/h2-12,20H,1,13-15H2. The topological polar surface area (TPSA) is 47.6 Å². The van der Waals surface area contributed by atoms with Gasteiger partial charge in [-0.15, -0.1) is 6.58 Å². The van der Waals surface area contributed by atoms with Gasteiger partial charge in [0.1, 0.15) is 0 Å². The van der Waals surface area contributed by atoms with Gasteiger partial charge in [0.25, 0.3) is 0 Å². The molecule has 0 saturated heterocycles. The molecule has 0 saturated carbocycles. The van der Waals surface area contributed by atoms with Crippen molar-refractivity contribution in [2.75, 3.05) is 0 Å². The molecule has 0 spiro atoms. The van der Waals surface area contributed by atoms with E-state index in [0.29, 0.717) is 19.3 Å². The van der Waals surface area contributed by atoms with Crippen molar-refractivity contribution in [3.05, 3.63) is 84.4 Å². The van der Waals surface area contributed by atoms with Gasteiger partial charge in [0.05, 0.1) is 12.1 Å². The van der Waals surface area contributed by atoms with E-state index >= 15 is 0 Å². The van der Waals surface area contributed by atoms with Crippen LogP contribution in [0.2, 0.25) is 0 Å². The van der Waals surface area contributed by atoms with Crippen molar-refractivity contribution in [2.24, 2.45) is 11.3 Å². The quantitative estimate of drug-likeness (QED) is 0.696. The summed E-state index contributed by atoms with van der Waals surface area (Å²) in [7, 11) is 0. The summed E-state index contributed by atoms with van der Waals surface area (Å²) in [5.74, 6) is -0.0831. The van der Waals surface area contributed by atoms with Gasteiger partial charge in [0, 0.05) is 0 Å². The van der Waals surface area contributed by atoms with Crippen molar-refractivity contribution in [3.8, 4) is 12.1 Å². The first-order chi connectivity index (χ1) is 11.2. The Morgan fingerprint density at radius 2 is 1.30 bits per heavy atom. The number of nitrogens with zero attached hydrogens (tertiary/aromatic N) is 2. The fraction of sp³-hybridized carbons (Fsp3) is 0.238. The Balaban J connectivity index is 2.36. The third kappa shape index (κ3) is 4.09. The molecule has 0 radical (unpaired) electrons. The molecule has 0 bridgehead atoms. The van der Waals surface area contributed by atoms with Crippen LogP contribution in [-0.4, -0.2) is 0 Å². The van der Waals surface area contributed by atoms with E-state index in [0.717, 1.165) is 11.1 Å². The van der Waals surface area contributed by atoms with Gasteiger partial charge in [-0.2, -0.15) is 10.5 Å². The third-order valence-corrected chi connectivity index (χ3v) is 4.21. The number of nitriles is 2. The Hall–Kier alpha value is -2.84. The summed E-state index contributed by atoms with van der Waals surface area (Å²) in [4.78, 5) is 0. The summed E-state index contributed by atoms with van der Waals surface area (Å²) in [6, 6.07) is 24.6. The number of benzene rings is 2. The smallest absolute Gasteiger partial charge is 0.150 e. The van der Waals surface area contributed by atoms with E-state index < -0.39 is 5.41 Å². The summed E-state index contributed by atoms with van der Waals surface area (Å²) >= 11 is 0. The van der Waals surface area contributed by atoms with E-state index in [9.17, 15) is 10.5 Å². The normalized spacial score (nSPS) is 10.7. The van der Waals surface area contributed by atoms with Gasteiger partial charge >= 0.3 is 0 Å². The molecule has 0 aliphatic heterocycles. The Bertz CT molecular complexity index is 650. The van der Waals surface area contributed by atoms with Crippen molar-refractivity contribution >= 4 is 0 Å². The van der Waals surface area contributed by atoms with Gasteiger partial charge in [-0.05, 0) is 36.3 Å². The molecule has 0 fully saturated rings. The predicted octanol–water partition coefficient (Wildman–Crippen LogP) is 4.70. The minimum Gasteiger partial charge on any atom is -0.197 e. The van der Waals surface area contributed by atoms with Crippen LogP contribution in [0.1, 0.15) is 17.5 Å². The average Bonchev–Trinajstić information content (AvgIpc) is 2.61. The number of allylic oxidation sites excluding steroid dienone is 1. The third-order valence-electron chi connectivity index (χ3n) is 4.21. The van der Waals surface area contributed by atoms with Crippen LogP contribution in [0.5, 0.6) is 0 Å². The van der Waals surface area contributed by atoms with Crippen LogP contribution in [0.4, 0.5) is 0 Å². The summed E-state index contributed by atoms with van der Waals surface area (Å²) in [5.41, 5.74) is 1.24. The predicted molar refractivity (Wildman–Crippen MR) is 92.3 cm³/mol. The lowest BCUT2D eigenvalue weighted by molar-refractivity contribution is 0.313. The second-order valence-corrected chi connectivity index (χ2v) is 5.76. The van der Waals surface area contributed by atoms with Crippen LogP contribution in [0.25, 0.3) is 0 Å². The fourth-order valence-corrected chi connectivity index (χ4v) is 2.91. The van der Waals surface area contributed by atoms with Crippen LogP contribution in [-0.2, 0) is 12.8 Å². The average molecular weight is 300 g/mol. The van der Waals surface area contributed by atoms with Crippen LogP contribution in [0.15, 0.2) is 73.3 Å². The highest BCUT2D eigenvalue weighted by atomic mass is 14.5. The molecule has 2 nitrogen and oxygen atoms in total. The van der Waals surface area contributed by atoms with Gasteiger partial charge in [-0.25, -0.2) is 0 Å². The molecule has 0 N–H and O–H groups in total. The minimum atomic E-state index is -1.05. The molecular weight excluding hydrogens is 280 g/mol. The Morgan fingerprint density at radius 1 is 0.870 bits per heavy atom. The first-order valence-corrected chi connectivity index (χ1v) is 7.75. The molecule has 2 aromatic rings. The zero-order valence-electron chi connectivity index (χ0n) is 13.2. The van der Waals surface area contributed by atoms with Crippen molar-refractivity contribution in [3.63, 3.8) is 0 Å². The van der Waals surface area contributed by atoms with Gasteiger partial charge < -0.3 is 0 Å². The van der Waals surface area contributed by atoms with Gasteiger partial charge in [-0.1, -0.05) is 66.7 Å². The molecule has 0 unspecified atom stereocenters. The van der Waals surface area contributed by atoms with E-state index in [1.54, 1.807) is 6.08 Å². The Morgan fingerprint density at radius 3 is 1.65 bits per heavy atom. The lowest BCUT2D eigenvalue weighted by Gasteiger charge is -2.28. The van der Waals surface area contributed by atoms with Gasteiger partial charge in [0.2, 0.25) is 0 Å². The highest BCUT2D eigenvalue weighted by Crippen LogP contribution is 2.36. The molecule has 0 aromatic heterocycles. The fourth-order valence-electron chi connectivity index (χ4n) is 2.91. The maximum absolute atomic E-state index is 9.71. The van der Waals surface area contributed by atoms with Crippen molar-refractivity contribution in [2.45, 2.75) is 19.3 Å². The van der Waals surface area contributed by atoms with Crippen LogP contribution in [0.3, 0.4) is 0 Å². The second kappa shape index (κ2) is 7.97. The highest BCUT2D eigenvalue weighted by Gasteiger charge is 2.38. The number of hydrogen-bond acceptors (Lipinski definition) is 2. The van der Waals surface area contributed by atoms with Crippen molar-refractivity contribution in [1.29, 1.82) is 10.5 Å².